The fourth-order valence-electron chi connectivity index (χ4n) is 3.41. The Morgan fingerprint density at radius 3 is 2.48 bits per heavy atom. The number of amides is 1. The molecule has 0 bridgehead atoms. The monoisotopic (exact) mass is 311 g/mol. The molecule has 3 rings (SSSR count). The first-order chi connectivity index (χ1) is 11.1. The zero-order valence-corrected chi connectivity index (χ0v) is 13.4. The molecule has 0 aromatic heterocycles. The molecule has 1 aliphatic carbocycles. The molecule has 23 heavy (non-hydrogen) atoms. The van der Waals surface area contributed by atoms with Crippen LogP contribution in [0.4, 0.5) is 0 Å². The van der Waals surface area contributed by atoms with Crippen molar-refractivity contribution in [2.24, 2.45) is 11.5 Å². The minimum absolute atomic E-state index is 0.0687. The van der Waals surface area contributed by atoms with Crippen LogP contribution in [0.2, 0.25) is 0 Å². The Labute approximate surface area is 137 Å². The maximum atomic E-state index is 12.6. The van der Waals surface area contributed by atoms with Crippen molar-refractivity contribution in [3.8, 4) is 0 Å². The van der Waals surface area contributed by atoms with Gasteiger partial charge in [0.2, 0.25) is 5.91 Å². The van der Waals surface area contributed by atoms with E-state index in [1.807, 2.05) is 18.2 Å². The van der Waals surface area contributed by atoms with E-state index in [9.17, 15) is 4.79 Å². The van der Waals surface area contributed by atoms with Gasteiger partial charge in [-0.2, -0.15) is 0 Å². The first kappa shape index (κ1) is 16.0. The van der Waals surface area contributed by atoms with E-state index in [0.29, 0.717) is 6.54 Å². The van der Waals surface area contributed by atoms with E-state index >= 15 is 0 Å². The van der Waals surface area contributed by atoms with E-state index in [4.69, 9.17) is 11.5 Å². The van der Waals surface area contributed by atoms with Gasteiger partial charge in [0.15, 0.2) is 0 Å². The van der Waals surface area contributed by atoms with Crippen LogP contribution in [0.5, 0.6) is 0 Å². The van der Waals surface area contributed by atoms with Crippen LogP contribution in [0.1, 0.15) is 43.7 Å². The quantitative estimate of drug-likeness (QED) is 0.812. The second-order valence-corrected chi connectivity index (χ2v) is 6.59. The number of nitrogens with one attached hydrogen (secondary N) is 1. The zero-order valence-electron chi connectivity index (χ0n) is 13.4. The van der Waals surface area contributed by atoms with Crippen molar-refractivity contribution in [3.05, 3.63) is 48.0 Å². The van der Waals surface area contributed by atoms with Crippen molar-refractivity contribution >= 4 is 16.7 Å². The van der Waals surface area contributed by atoms with Gasteiger partial charge in [0.1, 0.15) is 0 Å². The van der Waals surface area contributed by atoms with Crippen LogP contribution in [-0.4, -0.2) is 18.0 Å². The van der Waals surface area contributed by atoms with E-state index in [1.165, 1.54) is 5.39 Å². The summed E-state index contributed by atoms with van der Waals surface area (Å²) in [5, 5.41) is 5.40. The molecule has 0 heterocycles. The molecule has 0 saturated heterocycles. The molecule has 1 amide bonds. The molecule has 1 saturated carbocycles. The molecule has 1 atom stereocenters. The summed E-state index contributed by atoms with van der Waals surface area (Å²) in [6.07, 6.45) is 4.72. The molecule has 1 unspecified atom stereocenters. The molecule has 0 radical (unpaired) electrons. The number of carbonyl (C=O) groups excluding carboxylic acids is 1. The van der Waals surface area contributed by atoms with Crippen LogP contribution in [0, 0.1) is 0 Å². The van der Waals surface area contributed by atoms with Gasteiger partial charge in [-0.15, -0.1) is 0 Å². The van der Waals surface area contributed by atoms with Gasteiger partial charge in [-0.3, -0.25) is 4.79 Å². The minimum Gasteiger partial charge on any atom is -0.346 e. The van der Waals surface area contributed by atoms with Gasteiger partial charge in [-0.25, -0.2) is 0 Å². The lowest BCUT2D eigenvalue weighted by molar-refractivity contribution is -0.128. The first-order valence-corrected chi connectivity index (χ1v) is 8.41. The number of carbonyl (C=O) groups is 1. The standard InChI is InChI=1S/C19H25N3O/c20-13-17(22-18(23)19(21)10-4-1-5-11-19)16-9-8-14-6-2-3-7-15(14)12-16/h2-3,6-9,12,17H,1,4-5,10-11,13,20-21H2,(H,22,23). The molecule has 4 nitrogen and oxygen atoms in total. The number of benzene rings is 2. The second kappa shape index (κ2) is 6.69. The van der Waals surface area contributed by atoms with Crippen LogP contribution in [0.25, 0.3) is 10.8 Å². The number of hydrogen-bond donors (Lipinski definition) is 3. The molecule has 122 valence electrons. The molecule has 2 aromatic carbocycles. The maximum Gasteiger partial charge on any atom is 0.240 e. The van der Waals surface area contributed by atoms with Gasteiger partial charge in [-0.1, -0.05) is 55.7 Å². The van der Waals surface area contributed by atoms with Crippen LogP contribution in [-0.2, 0) is 4.79 Å². The Morgan fingerprint density at radius 1 is 1.09 bits per heavy atom. The van der Waals surface area contributed by atoms with Gasteiger partial charge < -0.3 is 16.8 Å². The average Bonchev–Trinajstić information content (AvgIpc) is 2.59. The summed E-state index contributed by atoms with van der Waals surface area (Å²) in [5.74, 6) is -0.0687. The third-order valence-electron chi connectivity index (χ3n) is 4.91. The lowest BCUT2D eigenvalue weighted by atomic mass is 9.81. The summed E-state index contributed by atoms with van der Waals surface area (Å²) < 4.78 is 0. The van der Waals surface area contributed by atoms with Crippen molar-refractivity contribution in [1.82, 2.24) is 5.32 Å². The van der Waals surface area contributed by atoms with Crippen molar-refractivity contribution in [2.75, 3.05) is 6.54 Å². The smallest absolute Gasteiger partial charge is 0.240 e. The molecule has 5 N–H and O–H groups in total. The zero-order chi connectivity index (χ0) is 16.3. The Hall–Kier alpha value is -1.91. The predicted octanol–water partition coefficient (Wildman–Crippen LogP) is 2.62. The summed E-state index contributed by atoms with van der Waals surface area (Å²) in [5.41, 5.74) is 12.5. The lowest BCUT2D eigenvalue weighted by Gasteiger charge is -2.33. The van der Waals surface area contributed by atoms with Gasteiger partial charge in [-0.05, 0) is 35.2 Å². The molecule has 0 aliphatic heterocycles. The molecular formula is C19H25N3O. The average molecular weight is 311 g/mol. The summed E-state index contributed by atoms with van der Waals surface area (Å²) in [7, 11) is 0. The van der Waals surface area contributed by atoms with Gasteiger partial charge in [0, 0.05) is 6.54 Å². The Morgan fingerprint density at radius 2 is 1.78 bits per heavy atom. The first-order valence-electron chi connectivity index (χ1n) is 8.41. The van der Waals surface area contributed by atoms with E-state index in [-0.39, 0.29) is 11.9 Å². The lowest BCUT2D eigenvalue weighted by Crippen LogP contribution is -2.56. The summed E-state index contributed by atoms with van der Waals surface area (Å²) in [6.45, 7) is 0.361. The molecule has 2 aromatic rings. The van der Waals surface area contributed by atoms with E-state index in [1.54, 1.807) is 0 Å². The van der Waals surface area contributed by atoms with Gasteiger partial charge in [0.25, 0.3) is 0 Å². The summed E-state index contributed by atoms with van der Waals surface area (Å²) in [4.78, 5) is 12.6. The molecular weight excluding hydrogens is 286 g/mol. The van der Waals surface area contributed by atoms with Gasteiger partial charge in [0.05, 0.1) is 11.6 Å². The third kappa shape index (κ3) is 3.38. The summed E-state index contributed by atoms with van der Waals surface area (Å²) in [6, 6.07) is 14.2. The highest BCUT2D eigenvalue weighted by Gasteiger charge is 2.36. The van der Waals surface area contributed by atoms with E-state index in [2.05, 4.69) is 29.6 Å². The minimum atomic E-state index is -0.734. The van der Waals surface area contributed by atoms with Crippen molar-refractivity contribution in [2.45, 2.75) is 43.7 Å². The topological polar surface area (TPSA) is 81.1 Å². The van der Waals surface area contributed by atoms with Crippen LogP contribution < -0.4 is 16.8 Å². The van der Waals surface area contributed by atoms with Gasteiger partial charge >= 0.3 is 0 Å². The Kier molecular flexibility index (Phi) is 4.64. The largest absolute Gasteiger partial charge is 0.346 e. The maximum absolute atomic E-state index is 12.6. The number of hydrogen-bond acceptors (Lipinski definition) is 3. The highest BCUT2D eigenvalue weighted by Crippen LogP contribution is 2.27. The molecule has 1 aliphatic rings. The highest BCUT2D eigenvalue weighted by molar-refractivity contribution is 5.87. The fourth-order valence-corrected chi connectivity index (χ4v) is 3.41. The highest BCUT2D eigenvalue weighted by atomic mass is 16.2. The molecule has 1 fully saturated rings. The van der Waals surface area contributed by atoms with Crippen LogP contribution >= 0.6 is 0 Å². The van der Waals surface area contributed by atoms with Crippen molar-refractivity contribution in [1.29, 1.82) is 0 Å². The normalized spacial score (nSPS) is 18.5. The Balaban J connectivity index is 1.79. The van der Waals surface area contributed by atoms with E-state index < -0.39 is 5.54 Å². The predicted molar refractivity (Wildman–Crippen MR) is 93.9 cm³/mol. The van der Waals surface area contributed by atoms with Crippen molar-refractivity contribution < 1.29 is 4.79 Å². The Bertz CT molecular complexity index is 692. The van der Waals surface area contributed by atoms with Crippen LogP contribution in [0.15, 0.2) is 42.5 Å². The molecule has 4 heteroatoms. The number of nitrogens with two attached hydrogens (primary N) is 2. The number of fused-ring (bicyclic) bond motifs is 1. The van der Waals surface area contributed by atoms with E-state index in [0.717, 1.165) is 43.1 Å². The SMILES string of the molecule is NCC(NC(=O)C1(N)CCCCC1)c1ccc2ccccc2c1. The number of rotatable bonds is 4. The van der Waals surface area contributed by atoms with Crippen LogP contribution in [0.3, 0.4) is 0 Å². The second-order valence-electron chi connectivity index (χ2n) is 6.59. The summed E-state index contributed by atoms with van der Waals surface area (Å²) >= 11 is 0. The third-order valence-corrected chi connectivity index (χ3v) is 4.91. The molecule has 0 spiro atoms. The fraction of sp³-hybridized carbons (Fsp3) is 0.421. The van der Waals surface area contributed by atoms with Crippen molar-refractivity contribution in [3.63, 3.8) is 0 Å².